The van der Waals surface area contributed by atoms with E-state index >= 15 is 0 Å². The van der Waals surface area contributed by atoms with Gasteiger partial charge in [0.1, 0.15) is 10.8 Å². The normalized spacial score (nSPS) is 11.5. The third-order valence-electron chi connectivity index (χ3n) is 3.06. The van der Waals surface area contributed by atoms with Gasteiger partial charge in [-0.15, -0.1) is 0 Å². The molecule has 1 aromatic carbocycles. The number of nitrogens with zero attached hydrogens (tertiary/aromatic N) is 2. The zero-order chi connectivity index (χ0) is 15.5. The van der Waals surface area contributed by atoms with Crippen molar-refractivity contribution in [3.05, 3.63) is 35.9 Å². The highest BCUT2D eigenvalue weighted by atomic mass is 32.2. The minimum absolute atomic E-state index is 0.184. The van der Waals surface area contributed by atoms with E-state index in [4.69, 9.17) is 0 Å². The predicted octanol–water partition coefficient (Wildman–Crippen LogP) is 4.69. The highest BCUT2D eigenvalue weighted by Crippen LogP contribution is 2.31. The van der Waals surface area contributed by atoms with E-state index in [2.05, 4.69) is 60.3 Å². The van der Waals surface area contributed by atoms with Crippen LogP contribution in [0.3, 0.4) is 0 Å². The van der Waals surface area contributed by atoms with Gasteiger partial charge in [-0.3, -0.25) is 0 Å². The maximum atomic E-state index is 4.54. The van der Waals surface area contributed by atoms with Crippen molar-refractivity contribution in [2.45, 2.75) is 41.3 Å². The van der Waals surface area contributed by atoms with Gasteiger partial charge in [-0.25, -0.2) is 9.97 Å². The van der Waals surface area contributed by atoms with Crippen LogP contribution in [0.25, 0.3) is 0 Å². The molecule has 0 spiro atoms. The summed E-state index contributed by atoms with van der Waals surface area (Å²) in [7, 11) is 1.87. The van der Waals surface area contributed by atoms with Crippen LogP contribution in [0.1, 0.15) is 26.3 Å². The minimum Gasteiger partial charge on any atom is -0.373 e. The van der Waals surface area contributed by atoms with Gasteiger partial charge >= 0.3 is 0 Å². The Kier molecular flexibility index (Phi) is 5.17. The molecular formula is C16H21N3S2. The second-order valence-corrected chi connectivity index (χ2v) is 7.57. The first-order valence-electron chi connectivity index (χ1n) is 6.81. The quantitative estimate of drug-likeness (QED) is 0.503. The molecule has 5 heteroatoms. The monoisotopic (exact) mass is 319 g/mol. The maximum Gasteiger partial charge on any atom is 0.190 e. The molecule has 0 saturated heterocycles. The Balaban J connectivity index is 2.22. The standard InChI is InChI=1S/C16H21N3S2/c1-16(2,3)11-6-8-12(9-7-11)21-14-10-13(17-4)18-15(19-14)20-5/h6-10H,1-5H3,(H,17,18,19). The molecule has 0 amide bonds. The summed E-state index contributed by atoms with van der Waals surface area (Å²) in [5.74, 6) is 0.850. The number of aromatic nitrogens is 2. The van der Waals surface area contributed by atoms with E-state index < -0.39 is 0 Å². The molecule has 1 N–H and O–H groups in total. The summed E-state index contributed by atoms with van der Waals surface area (Å²) < 4.78 is 0. The summed E-state index contributed by atoms with van der Waals surface area (Å²) in [6, 6.07) is 10.7. The lowest BCUT2D eigenvalue weighted by Crippen LogP contribution is -2.10. The molecule has 2 aromatic rings. The summed E-state index contributed by atoms with van der Waals surface area (Å²) in [4.78, 5) is 10.1. The van der Waals surface area contributed by atoms with Crippen molar-refractivity contribution in [1.82, 2.24) is 9.97 Å². The number of hydrogen-bond donors (Lipinski definition) is 1. The van der Waals surface area contributed by atoms with Crippen LogP contribution < -0.4 is 5.32 Å². The van der Waals surface area contributed by atoms with Crippen LogP contribution >= 0.6 is 23.5 Å². The molecule has 0 saturated carbocycles. The molecule has 0 aliphatic rings. The fourth-order valence-corrected chi connectivity index (χ4v) is 3.07. The summed E-state index contributed by atoms with van der Waals surface area (Å²) >= 11 is 3.21. The van der Waals surface area contributed by atoms with Gasteiger partial charge in [0.2, 0.25) is 0 Å². The number of rotatable bonds is 4. The fraction of sp³-hybridized carbons (Fsp3) is 0.375. The zero-order valence-electron chi connectivity index (χ0n) is 13.1. The Morgan fingerprint density at radius 3 is 2.24 bits per heavy atom. The molecule has 0 bridgehead atoms. The summed E-state index contributed by atoms with van der Waals surface area (Å²) in [5.41, 5.74) is 1.53. The fourth-order valence-electron chi connectivity index (χ4n) is 1.82. The average molecular weight is 319 g/mol. The molecule has 2 rings (SSSR count). The highest BCUT2D eigenvalue weighted by Gasteiger charge is 2.13. The third-order valence-corrected chi connectivity index (χ3v) is 4.54. The first-order valence-corrected chi connectivity index (χ1v) is 8.86. The van der Waals surface area contributed by atoms with Crippen molar-refractivity contribution in [2.24, 2.45) is 0 Å². The minimum atomic E-state index is 0.184. The van der Waals surface area contributed by atoms with Crippen molar-refractivity contribution in [3.63, 3.8) is 0 Å². The number of anilines is 1. The van der Waals surface area contributed by atoms with E-state index in [0.29, 0.717) is 0 Å². The number of hydrogen-bond acceptors (Lipinski definition) is 5. The highest BCUT2D eigenvalue weighted by molar-refractivity contribution is 7.99. The molecule has 0 fully saturated rings. The number of benzene rings is 1. The summed E-state index contributed by atoms with van der Waals surface area (Å²) in [5, 5.41) is 4.83. The molecule has 0 aliphatic heterocycles. The second kappa shape index (κ2) is 6.71. The van der Waals surface area contributed by atoms with E-state index in [0.717, 1.165) is 16.0 Å². The average Bonchev–Trinajstić information content (AvgIpc) is 2.46. The molecule has 0 aliphatic carbocycles. The van der Waals surface area contributed by atoms with Gasteiger partial charge in [0.05, 0.1) is 0 Å². The molecule has 0 atom stereocenters. The Morgan fingerprint density at radius 2 is 1.71 bits per heavy atom. The molecular weight excluding hydrogens is 298 g/mol. The van der Waals surface area contributed by atoms with Crippen LogP contribution in [0, 0.1) is 0 Å². The first-order chi connectivity index (χ1) is 9.92. The van der Waals surface area contributed by atoms with Crippen LogP contribution in [0.2, 0.25) is 0 Å². The van der Waals surface area contributed by atoms with Gasteiger partial charge in [0, 0.05) is 18.0 Å². The van der Waals surface area contributed by atoms with E-state index in [1.54, 1.807) is 23.5 Å². The summed E-state index contributed by atoms with van der Waals surface area (Å²) in [6.45, 7) is 6.68. The molecule has 112 valence electrons. The second-order valence-electron chi connectivity index (χ2n) is 5.70. The van der Waals surface area contributed by atoms with Crippen molar-refractivity contribution >= 4 is 29.3 Å². The van der Waals surface area contributed by atoms with Gasteiger partial charge in [-0.2, -0.15) is 0 Å². The molecule has 1 heterocycles. The van der Waals surface area contributed by atoms with E-state index in [1.165, 1.54) is 10.5 Å². The van der Waals surface area contributed by atoms with Crippen molar-refractivity contribution in [2.75, 3.05) is 18.6 Å². The van der Waals surface area contributed by atoms with E-state index in [9.17, 15) is 0 Å². The predicted molar refractivity (Wildman–Crippen MR) is 92.6 cm³/mol. The van der Waals surface area contributed by atoms with Crippen LogP contribution in [-0.2, 0) is 5.41 Å². The van der Waals surface area contributed by atoms with Gasteiger partial charge in [0.25, 0.3) is 0 Å². The Morgan fingerprint density at radius 1 is 1.05 bits per heavy atom. The first kappa shape index (κ1) is 16.2. The molecule has 21 heavy (non-hydrogen) atoms. The Hall–Kier alpha value is -1.20. The van der Waals surface area contributed by atoms with Gasteiger partial charge < -0.3 is 5.32 Å². The maximum absolute atomic E-state index is 4.54. The van der Waals surface area contributed by atoms with Crippen LogP contribution in [0.15, 0.2) is 45.4 Å². The topological polar surface area (TPSA) is 37.8 Å². The van der Waals surface area contributed by atoms with E-state index in [1.807, 2.05) is 19.4 Å². The lowest BCUT2D eigenvalue weighted by atomic mass is 9.87. The smallest absolute Gasteiger partial charge is 0.190 e. The van der Waals surface area contributed by atoms with Gasteiger partial charge in [-0.1, -0.05) is 56.4 Å². The molecule has 0 unspecified atom stereocenters. The SMILES string of the molecule is CNc1cc(Sc2ccc(C(C)(C)C)cc2)nc(SC)n1. The van der Waals surface area contributed by atoms with Crippen molar-refractivity contribution < 1.29 is 0 Å². The van der Waals surface area contributed by atoms with Gasteiger partial charge in [0.15, 0.2) is 5.16 Å². The number of thioether (sulfide) groups is 1. The molecule has 1 aromatic heterocycles. The van der Waals surface area contributed by atoms with Crippen LogP contribution in [0.5, 0.6) is 0 Å². The van der Waals surface area contributed by atoms with Crippen LogP contribution in [-0.4, -0.2) is 23.3 Å². The lowest BCUT2D eigenvalue weighted by Gasteiger charge is -2.19. The lowest BCUT2D eigenvalue weighted by molar-refractivity contribution is 0.590. The van der Waals surface area contributed by atoms with E-state index in [-0.39, 0.29) is 5.41 Å². The van der Waals surface area contributed by atoms with Crippen molar-refractivity contribution in [1.29, 1.82) is 0 Å². The Labute approximate surface area is 135 Å². The van der Waals surface area contributed by atoms with Gasteiger partial charge in [-0.05, 0) is 29.4 Å². The Bertz CT molecular complexity index is 582. The zero-order valence-corrected chi connectivity index (χ0v) is 14.7. The molecule has 3 nitrogen and oxygen atoms in total. The third kappa shape index (κ3) is 4.38. The van der Waals surface area contributed by atoms with Crippen LogP contribution in [0.4, 0.5) is 5.82 Å². The van der Waals surface area contributed by atoms with Crippen molar-refractivity contribution in [3.8, 4) is 0 Å². The number of nitrogens with one attached hydrogen (secondary N) is 1. The summed E-state index contributed by atoms with van der Waals surface area (Å²) in [6.07, 6.45) is 1.99. The largest absolute Gasteiger partial charge is 0.373 e. The molecule has 0 radical (unpaired) electrons.